The minimum atomic E-state index is -0.0535. The molecule has 66 valence electrons. The highest BCUT2D eigenvalue weighted by Crippen LogP contribution is 2.10. The van der Waals surface area contributed by atoms with Gasteiger partial charge in [0.05, 0.1) is 0 Å². The van der Waals surface area contributed by atoms with Crippen molar-refractivity contribution in [3.05, 3.63) is 39.5 Å². The Labute approximate surface area is 79.3 Å². The number of benzene rings is 1. The Hall–Kier alpha value is -0.420. The topological polar surface area (TPSA) is 46.5 Å². The van der Waals surface area contributed by atoms with Crippen molar-refractivity contribution in [1.82, 2.24) is 5.23 Å². The van der Waals surface area contributed by atoms with Crippen LogP contribution >= 0.6 is 15.9 Å². The van der Waals surface area contributed by atoms with Crippen LogP contribution in [0.15, 0.2) is 28.7 Å². The molecule has 4 heteroatoms. The second kappa shape index (κ2) is 4.57. The van der Waals surface area contributed by atoms with Crippen LogP contribution in [0.5, 0.6) is 0 Å². The van der Waals surface area contributed by atoms with E-state index in [9.17, 15) is 5.21 Å². The fraction of sp³-hybridized carbons (Fsp3) is 0.250. The number of rotatable bonds is 3. The van der Waals surface area contributed by atoms with Crippen LogP contribution in [0, 0.1) is 5.21 Å². The van der Waals surface area contributed by atoms with Crippen molar-refractivity contribution >= 4 is 15.9 Å². The number of hydroxylamine groups is 2. The van der Waals surface area contributed by atoms with Gasteiger partial charge in [-0.05, 0) is 24.1 Å². The summed E-state index contributed by atoms with van der Waals surface area (Å²) in [6.07, 6.45) is 0.563. The van der Waals surface area contributed by atoms with Gasteiger partial charge in [0.15, 0.2) is 0 Å². The van der Waals surface area contributed by atoms with Crippen molar-refractivity contribution in [2.75, 3.05) is 6.54 Å². The minimum Gasteiger partial charge on any atom is -0.762 e. The zero-order valence-corrected chi connectivity index (χ0v) is 7.99. The van der Waals surface area contributed by atoms with E-state index in [0.29, 0.717) is 6.42 Å². The van der Waals surface area contributed by atoms with Gasteiger partial charge in [0.1, 0.15) is 0 Å². The number of halogens is 1. The summed E-state index contributed by atoms with van der Waals surface area (Å²) in [7, 11) is 0. The van der Waals surface area contributed by atoms with Gasteiger partial charge < -0.3 is 10.4 Å². The lowest BCUT2D eigenvalue weighted by Crippen LogP contribution is -2.13. The largest absolute Gasteiger partial charge is 0.762 e. The predicted molar refractivity (Wildman–Crippen MR) is 49.7 cm³/mol. The first-order chi connectivity index (χ1) is 5.68. The van der Waals surface area contributed by atoms with Crippen LogP contribution in [0.2, 0.25) is 0 Å². The van der Waals surface area contributed by atoms with Gasteiger partial charge >= 0.3 is 0 Å². The molecule has 0 aliphatic heterocycles. The van der Waals surface area contributed by atoms with E-state index < -0.39 is 0 Å². The maximum absolute atomic E-state index is 10.1. The molecule has 0 bridgehead atoms. The molecule has 0 aromatic heterocycles. The van der Waals surface area contributed by atoms with Gasteiger partial charge in [0.25, 0.3) is 0 Å². The van der Waals surface area contributed by atoms with E-state index >= 15 is 0 Å². The van der Waals surface area contributed by atoms with E-state index in [-0.39, 0.29) is 11.8 Å². The van der Waals surface area contributed by atoms with Crippen molar-refractivity contribution in [3.63, 3.8) is 0 Å². The van der Waals surface area contributed by atoms with Gasteiger partial charge in [-0.15, -0.1) is 0 Å². The van der Waals surface area contributed by atoms with Crippen LogP contribution < -0.4 is 0 Å². The molecule has 0 aliphatic carbocycles. The first kappa shape index (κ1) is 9.67. The fourth-order valence-electron chi connectivity index (χ4n) is 0.876. The molecule has 1 aromatic carbocycles. The highest BCUT2D eigenvalue weighted by molar-refractivity contribution is 9.10. The molecule has 3 nitrogen and oxygen atoms in total. The Morgan fingerprint density at radius 1 is 1.33 bits per heavy atom. The molecule has 0 spiro atoms. The van der Waals surface area contributed by atoms with Gasteiger partial charge in [-0.25, -0.2) is 0 Å². The van der Waals surface area contributed by atoms with Crippen LogP contribution in [-0.4, -0.2) is 17.0 Å². The lowest BCUT2D eigenvalue weighted by Gasteiger charge is -2.18. The maximum Gasteiger partial charge on any atom is 0.0175 e. The van der Waals surface area contributed by atoms with E-state index in [1.807, 2.05) is 24.3 Å². The van der Waals surface area contributed by atoms with E-state index in [4.69, 9.17) is 5.21 Å². The summed E-state index contributed by atoms with van der Waals surface area (Å²) in [5, 5.41) is 18.4. The zero-order chi connectivity index (χ0) is 8.97. The normalized spacial score (nSPS) is 10.7. The molecule has 0 saturated carbocycles. The molecule has 0 unspecified atom stereocenters. The molecule has 1 rings (SSSR count). The first-order valence-electron chi connectivity index (χ1n) is 3.56. The van der Waals surface area contributed by atoms with Crippen molar-refractivity contribution in [2.45, 2.75) is 6.42 Å². The van der Waals surface area contributed by atoms with Crippen LogP contribution in [0.3, 0.4) is 0 Å². The third kappa shape index (κ3) is 3.32. The summed E-state index contributed by atoms with van der Waals surface area (Å²) in [6.45, 7) is 0.113. The van der Waals surface area contributed by atoms with Crippen LogP contribution in [0.1, 0.15) is 5.56 Å². The third-order valence-corrected chi connectivity index (χ3v) is 2.03. The summed E-state index contributed by atoms with van der Waals surface area (Å²) in [6, 6.07) is 7.63. The molecule has 0 heterocycles. The average molecular weight is 231 g/mol. The summed E-state index contributed by atoms with van der Waals surface area (Å²) < 4.78 is 1.01. The molecule has 0 aliphatic rings. The Balaban J connectivity index is 2.48. The summed E-state index contributed by atoms with van der Waals surface area (Å²) in [5.74, 6) is 0. The predicted octanol–water partition coefficient (Wildman–Crippen LogP) is 2.18. The van der Waals surface area contributed by atoms with Gasteiger partial charge in [0, 0.05) is 11.0 Å². The van der Waals surface area contributed by atoms with E-state index in [1.165, 1.54) is 0 Å². The number of hydrogen-bond acceptors (Lipinski definition) is 3. The monoisotopic (exact) mass is 230 g/mol. The van der Waals surface area contributed by atoms with Gasteiger partial charge in [-0.3, -0.25) is 5.23 Å². The highest BCUT2D eigenvalue weighted by Gasteiger charge is 1.92. The maximum atomic E-state index is 10.1. The van der Waals surface area contributed by atoms with E-state index in [0.717, 1.165) is 10.0 Å². The molecular formula is C8H9BrNO2-. The Morgan fingerprint density at radius 3 is 2.42 bits per heavy atom. The fourth-order valence-corrected chi connectivity index (χ4v) is 1.14. The molecule has 0 radical (unpaired) electrons. The molecule has 0 amide bonds. The van der Waals surface area contributed by atoms with Crippen molar-refractivity contribution in [1.29, 1.82) is 0 Å². The van der Waals surface area contributed by atoms with Gasteiger partial charge in [-0.2, -0.15) is 0 Å². The van der Waals surface area contributed by atoms with Crippen LogP contribution in [-0.2, 0) is 6.42 Å². The second-order valence-electron chi connectivity index (χ2n) is 2.45. The Morgan fingerprint density at radius 2 is 1.92 bits per heavy atom. The summed E-state index contributed by atoms with van der Waals surface area (Å²) in [4.78, 5) is 0. The molecule has 12 heavy (non-hydrogen) atoms. The molecule has 1 aromatic rings. The number of nitrogens with zero attached hydrogens (tertiary/aromatic N) is 1. The quantitative estimate of drug-likeness (QED) is 0.811. The van der Waals surface area contributed by atoms with Gasteiger partial charge in [0.2, 0.25) is 0 Å². The molecule has 0 saturated heterocycles. The molecule has 1 N–H and O–H groups in total. The molecular weight excluding hydrogens is 222 g/mol. The van der Waals surface area contributed by atoms with Crippen molar-refractivity contribution in [3.8, 4) is 0 Å². The van der Waals surface area contributed by atoms with Gasteiger partial charge in [-0.1, -0.05) is 28.1 Å². The van der Waals surface area contributed by atoms with Crippen LogP contribution in [0.4, 0.5) is 0 Å². The van der Waals surface area contributed by atoms with Crippen molar-refractivity contribution < 1.29 is 5.21 Å². The Kier molecular flexibility index (Phi) is 3.68. The standard InChI is InChI=1S/C8H9BrNO2/c9-8-3-1-7(2-4-8)5-6-10(11)12/h1-4,11H,5-6H2/q-1. The van der Waals surface area contributed by atoms with E-state index in [1.54, 1.807) is 0 Å². The Bertz CT molecular complexity index is 235. The third-order valence-electron chi connectivity index (χ3n) is 1.51. The first-order valence-corrected chi connectivity index (χ1v) is 4.36. The SMILES string of the molecule is [O-]N(O)CCc1ccc(Br)cc1. The zero-order valence-electron chi connectivity index (χ0n) is 6.40. The molecule has 0 atom stereocenters. The average Bonchev–Trinajstić information content (AvgIpc) is 2.03. The van der Waals surface area contributed by atoms with Crippen LogP contribution in [0.25, 0.3) is 0 Å². The lowest BCUT2D eigenvalue weighted by atomic mass is 10.2. The minimum absolute atomic E-state index is 0.0535. The lowest BCUT2D eigenvalue weighted by molar-refractivity contribution is -0.0391. The van der Waals surface area contributed by atoms with E-state index in [2.05, 4.69) is 15.9 Å². The second-order valence-corrected chi connectivity index (χ2v) is 3.37. The van der Waals surface area contributed by atoms with Crippen molar-refractivity contribution in [2.24, 2.45) is 0 Å². The number of hydrogen-bond donors (Lipinski definition) is 1. The highest BCUT2D eigenvalue weighted by atomic mass is 79.9. The summed E-state index contributed by atoms with van der Waals surface area (Å²) >= 11 is 3.30. The summed E-state index contributed by atoms with van der Waals surface area (Å²) in [5.41, 5.74) is 1.04. The smallest absolute Gasteiger partial charge is 0.0175 e. The molecule has 0 fully saturated rings.